The second kappa shape index (κ2) is 7.16. The fourth-order valence-corrected chi connectivity index (χ4v) is 4.14. The van der Waals surface area contributed by atoms with Crippen molar-refractivity contribution in [2.45, 2.75) is 25.4 Å². The van der Waals surface area contributed by atoms with Gasteiger partial charge in [0.25, 0.3) is 0 Å². The Labute approximate surface area is 150 Å². The van der Waals surface area contributed by atoms with Gasteiger partial charge in [-0.2, -0.15) is 0 Å². The molecule has 0 aromatic heterocycles. The quantitative estimate of drug-likeness (QED) is 0.907. The molecule has 2 aliphatic heterocycles. The van der Waals surface area contributed by atoms with E-state index < -0.39 is 0 Å². The van der Waals surface area contributed by atoms with Crippen molar-refractivity contribution in [1.82, 2.24) is 10.2 Å². The Bertz CT molecular complexity index is 699. The molecule has 2 aliphatic rings. The van der Waals surface area contributed by atoms with E-state index in [9.17, 15) is 0 Å². The van der Waals surface area contributed by atoms with Crippen LogP contribution in [0.15, 0.2) is 54.6 Å². The Balaban J connectivity index is 1.84. The summed E-state index contributed by atoms with van der Waals surface area (Å²) in [5.74, 6) is 0. The normalized spacial score (nSPS) is 23.6. The molecule has 132 valence electrons. The van der Waals surface area contributed by atoms with Crippen molar-refractivity contribution in [3.63, 3.8) is 0 Å². The Morgan fingerprint density at radius 1 is 1.00 bits per heavy atom. The van der Waals surface area contributed by atoms with E-state index in [0.29, 0.717) is 0 Å². The summed E-state index contributed by atoms with van der Waals surface area (Å²) >= 11 is 0. The van der Waals surface area contributed by atoms with Gasteiger partial charge < -0.3 is 5.32 Å². The van der Waals surface area contributed by atoms with Crippen LogP contribution in [0.3, 0.4) is 0 Å². The molecule has 0 saturated carbocycles. The molecular weight excluding hydrogens is 310 g/mol. The SMILES string of the molecule is CCCON1c2ccccc2CC1(c1ccccc1)N1CCNCC1. The summed E-state index contributed by atoms with van der Waals surface area (Å²) in [6.07, 6.45) is 1.96. The van der Waals surface area contributed by atoms with Crippen LogP contribution in [0.2, 0.25) is 0 Å². The van der Waals surface area contributed by atoms with Gasteiger partial charge in [0.15, 0.2) is 0 Å². The molecular formula is C21H27N3O. The number of para-hydroxylation sites is 1. The molecule has 0 aliphatic carbocycles. The third kappa shape index (κ3) is 2.84. The molecule has 1 fully saturated rings. The highest BCUT2D eigenvalue weighted by molar-refractivity contribution is 5.61. The molecule has 2 aromatic carbocycles. The minimum absolute atomic E-state index is 0.262. The highest BCUT2D eigenvalue weighted by atomic mass is 16.7. The summed E-state index contributed by atoms with van der Waals surface area (Å²) < 4.78 is 0. The van der Waals surface area contributed by atoms with E-state index in [1.165, 1.54) is 16.8 Å². The predicted molar refractivity (Wildman–Crippen MR) is 101 cm³/mol. The summed E-state index contributed by atoms with van der Waals surface area (Å²) in [6, 6.07) is 19.5. The molecule has 1 N–H and O–H groups in total. The number of fused-ring (bicyclic) bond motifs is 1. The summed E-state index contributed by atoms with van der Waals surface area (Å²) in [5, 5.41) is 5.69. The Morgan fingerprint density at radius 2 is 1.72 bits per heavy atom. The summed E-state index contributed by atoms with van der Waals surface area (Å²) in [5.41, 5.74) is 3.62. The minimum Gasteiger partial charge on any atom is -0.314 e. The standard InChI is InChI=1S/C21H27N3O/c1-2-16-25-24-20-11-7-6-8-18(20)17-21(24,19-9-4-3-5-10-19)23-14-12-22-13-15-23/h3-11,22H,2,12-17H2,1H3. The zero-order valence-corrected chi connectivity index (χ0v) is 14.9. The predicted octanol–water partition coefficient (Wildman–Crippen LogP) is 3.15. The molecule has 4 nitrogen and oxygen atoms in total. The minimum atomic E-state index is -0.262. The van der Waals surface area contributed by atoms with Crippen molar-refractivity contribution >= 4 is 5.69 Å². The number of nitrogens with one attached hydrogen (secondary N) is 1. The summed E-state index contributed by atoms with van der Waals surface area (Å²) in [7, 11) is 0. The average molecular weight is 337 g/mol. The van der Waals surface area contributed by atoms with Gasteiger partial charge in [0.2, 0.25) is 0 Å². The highest BCUT2D eigenvalue weighted by Crippen LogP contribution is 2.47. The Hall–Kier alpha value is -1.88. The monoisotopic (exact) mass is 337 g/mol. The molecule has 4 heteroatoms. The maximum absolute atomic E-state index is 6.37. The van der Waals surface area contributed by atoms with Crippen molar-refractivity contribution in [1.29, 1.82) is 0 Å². The van der Waals surface area contributed by atoms with Crippen LogP contribution >= 0.6 is 0 Å². The number of benzene rings is 2. The number of piperazine rings is 1. The molecule has 2 heterocycles. The fourth-order valence-electron chi connectivity index (χ4n) is 4.14. The van der Waals surface area contributed by atoms with E-state index in [2.05, 4.69) is 76.8 Å². The summed E-state index contributed by atoms with van der Waals surface area (Å²) in [4.78, 5) is 8.97. The maximum atomic E-state index is 6.37. The van der Waals surface area contributed by atoms with Crippen LogP contribution in [-0.4, -0.2) is 37.7 Å². The highest BCUT2D eigenvalue weighted by Gasteiger charge is 2.50. The van der Waals surface area contributed by atoms with E-state index >= 15 is 0 Å². The number of hydrogen-bond acceptors (Lipinski definition) is 4. The van der Waals surface area contributed by atoms with Gasteiger partial charge in [0, 0.05) is 32.6 Å². The summed E-state index contributed by atoms with van der Waals surface area (Å²) in [6.45, 7) is 6.98. The lowest BCUT2D eigenvalue weighted by Gasteiger charge is -2.49. The van der Waals surface area contributed by atoms with E-state index in [1.807, 2.05) is 0 Å². The first-order valence-electron chi connectivity index (χ1n) is 9.38. The maximum Gasteiger partial charge on any atom is 0.149 e. The number of nitrogens with zero attached hydrogens (tertiary/aromatic N) is 2. The molecule has 0 radical (unpaired) electrons. The molecule has 0 bridgehead atoms. The Kier molecular flexibility index (Phi) is 4.75. The molecule has 1 atom stereocenters. The van der Waals surface area contributed by atoms with Crippen LogP contribution in [0.4, 0.5) is 5.69 Å². The molecule has 2 aromatic rings. The lowest BCUT2D eigenvalue weighted by Crippen LogP contribution is -2.61. The second-order valence-corrected chi connectivity index (χ2v) is 6.85. The van der Waals surface area contributed by atoms with Crippen LogP contribution in [0.25, 0.3) is 0 Å². The molecule has 0 amide bonds. The van der Waals surface area contributed by atoms with E-state index in [4.69, 9.17) is 4.84 Å². The van der Waals surface area contributed by atoms with Crippen LogP contribution in [0.1, 0.15) is 24.5 Å². The third-order valence-corrected chi connectivity index (χ3v) is 5.28. The largest absolute Gasteiger partial charge is 0.314 e. The lowest BCUT2D eigenvalue weighted by atomic mass is 9.92. The molecule has 4 rings (SSSR count). The van der Waals surface area contributed by atoms with Gasteiger partial charge in [0.05, 0.1) is 12.3 Å². The third-order valence-electron chi connectivity index (χ3n) is 5.28. The topological polar surface area (TPSA) is 27.7 Å². The van der Waals surface area contributed by atoms with Crippen molar-refractivity contribution in [2.24, 2.45) is 0 Å². The average Bonchev–Trinajstić information content (AvgIpc) is 3.03. The van der Waals surface area contributed by atoms with Gasteiger partial charge >= 0.3 is 0 Å². The Morgan fingerprint density at radius 3 is 2.48 bits per heavy atom. The van der Waals surface area contributed by atoms with Crippen LogP contribution in [0, 0.1) is 0 Å². The van der Waals surface area contributed by atoms with E-state index in [1.54, 1.807) is 0 Å². The molecule has 25 heavy (non-hydrogen) atoms. The number of hydroxylamine groups is 1. The molecule has 1 unspecified atom stereocenters. The first-order valence-corrected chi connectivity index (χ1v) is 9.38. The van der Waals surface area contributed by atoms with Gasteiger partial charge in [0.1, 0.15) is 5.66 Å². The number of hydrogen-bond donors (Lipinski definition) is 1. The van der Waals surface area contributed by atoms with Crippen molar-refractivity contribution < 1.29 is 4.84 Å². The van der Waals surface area contributed by atoms with E-state index in [-0.39, 0.29) is 5.66 Å². The molecule has 1 saturated heterocycles. The lowest BCUT2D eigenvalue weighted by molar-refractivity contribution is -0.0351. The number of rotatable bonds is 5. The van der Waals surface area contributed by atoms with Gasteiger partial charge in [-0.25, -0.2) is 5.06 Å². The van der Waals surface area contributed by atoms with Crippen molar-refractivity contribution in [3.8, 4) is 0 Å². The number of anilines is 1. The van der Waals surface area contributed by atoms with Crippen LogP contribution < -0.4 is 10.4 Å². The van der Waals surface area contributed by atoms with Gasteiger partial charge in [-0.15, -0.1) is 0 Å². The fraction of sp³-hybridized carbons (Fsp3) is 0.429. The first kappa shape index (κ1) is 16.6. The second-order valence-electron chi connectivity index (χ2n) is 6.85. The first-order chi connectivity index (χ1) is 12.4. The molecule has 0 spiro atoms. The van der Waals surface area contributed by atoms with Crippen molar-refractivity contribution in [2.75, 3.05) is 37.8 Å². The zero-order chi connectivity index (χ0) is 17.1. The van der Waals surface area contributed by atoms with Gasteiger partial charge in [-0.05, 0) is 23.6 Å². The van der Waals surface area contributed by atoms with Gasteiger partial charge in [-0.1, -0.05) is 55.5 Å². The van der Waals surface area contributed by atoms with Crippen LogP contribution in [-0.2, 0) is 16.9 Å². The van der Waals surface area contributed by atoms with E-state index in [0.717, 1.165) is 45.6 Å². The smallest absolute Gasteiger partial charge is 0.149 e. The van der Waals surface area contributed by atoms with Crippen molar-refractivity contribution in [3.05, 3.63) is 65.7 Å². The van der Waals surface area contributed by atoms with Crippen LogP contribution in [0.5, 0.6) is 0 Å². The van der Waals surface area contributed by atoms with Gasteiger partial charge in [-0.3, -0.25) is 9.74 Å². The zero-order valence-electron chi connectivity index (χ0n) is 14.9.